The quantitative estimate of drug-likeness (QED) is 0.210. The normalized spacial score (nSPS) is 13.8. The number of carbonyl (C=O) groups excluding carboxylic acids is 1. The highest BCUT2D eigenvalue weighted by Gasteiger charge is 2.20. The van der Waals surface area contributed by atoms with E-state index in [2.05, 4.69) is 26.5 Å². The van der Waals surface area contributed by atoms with E-state index in [4.69, 9.17) is 63.0 Å². The van der Waals surface area contributed by atoms with Gasteiger partial charge in [0.05, 0.1) is 15.7 Å². The third-order valence-electron chi connectivity index (χ3n) is 6.52. The monoisotopic (exact) mass is 632 g/mol. The molecule has 0 aliphatic carbocycles. The summed E-state index contributed by atoms with van der Waals surface area (Å²) in [5, 5.41) is 8.06. The van der Waals surface area contributed by atoms with Gasteiger partial charge in [-0.3, -0.25) is 15.0 Å². The minimum absolute atomic E-state index is 0.0900. The second-order valence-electron chi connectivity index (χ2n) is 9.22. The molecule has 4 aromatic rings. The van der Waals surface area contributed by atoms with Crippen LogP contribution in [-0.2, 0) is 6.54 Å². The van der Waals surface area contributed by atoms with Gasteiger partial charge in [-0.1, -0.05) is 64.6 Å². The molecule has 2 N–H and O–H groups in total. The average Bonchev–Trinajstić information content (AvgIpc) is 3.41. The Kier molecular flexibility index (Phi) is 9.20. The number of piperazine rings is 1. The van der Waals surface area contributed by atoms with Crippen molar-refractivity contribution >= 4 is 81.0 Å². The predicted molar refractivity (Wildman–Crippen MR) is 168 cm³/mol. The summed E-state index contributed by atoms with van der Waals surface area (Å²) in [5.74, 6) is 0.0381. The highest BCUT2D eigenvalue weighted by molar-refractivity contribution is 7.80. The molecule has 11 heteroatoms. The van der Waals surface area contributed by atoms with Crippen molar-refractivity contribution in [3.63, 3.8) is 0 Å². The lowest BCUT2D eigenvalue weighted by molar-refractivity contribution is 0.0951. The highest BCUT2D eigenvalue weighted by Crippen LogP contribution is 2.32. The number of nitrogens with zero attached hydrogens (tertiary/aromatic N) is 2. The molecule has 0 spiro atoms. The molecule has 40 heavy (non-hydrogen) atoms. The maximum Gasteiger partial charge on any atom is 0.293 e. The summed E-state index contributed by atoms with van der Waals surface area (Å²) in [6.45, 7) is 4.31. The van der Waals surface area contributed by atoms with Gasteiger partial charge in [-0.2, -0.15) is 0 Å². The van der Waals surface area contributed by atoms with Gasteiger partial charge >= 0.3 is 0 Å². The maximum absolute atomic E-state index is 12.7. The third kappa shape index (κ3) is 6.92. The van der Waals surface area contributed by atoms with Crippen molar-refractivity contribution in [3.8, 4) is 11.3 Å². The van der Waals surface area contributed by atoms with Crippen LogP contribution in [0.2, 0.25) is 20.1 Å². The van der Waals surface area contributed by atoms with Crippen LogP contribution >= 0.6 is 58.6 Å². The molecule has 3 aromatic carbocycles. The van der Waals surface area contributed by atoms with Crippen molar-refractivity contribution in [3.05, 3.63) is 104 Å². The van der Waals surface area contributed by atoms with Gasteiger partial charge in [0.1, 0.15) is 5.76 Å². The molecule has 0 unspecified atom stereocenters. The van der Waals surface area contributed by atoms with E-state index in [1.54, 1.807) is 36.4 Å². The van der Waals surface area contributed by atoms with E-state index in [0.717, 1.165) is 49.0 Å². The molecule has 1 aliphatic rings. The number of benzene rings is 3. The van der Waals surface area contributed by atoms with Crippen LogP contribution in [-0.4, -0.2) is 42.1 Å². The molecule has 1 fully saturated rings. The van der Waals surface area contributed by atoms with Crippen LogP contribution in [0.3, 0.4) is 0 Å². The van der Waals surface area contributed by atoms with Crippen LogP contribution in [0.25, 0.3) is 11.3 Å². The van der Waals surface area contributed by atoms with Crippen molar-refractivity contribution in [2.45, 2.75) is 6.54 Å². The zero-order chi connectivity index (χ0) is 28.2. The molecule has 1 saturated heterocycles. The molecular formula is C29H24Cl4N4O2S. The first-order valence-corrected chi connectivity index (χ1v) is 14.4. The first-order valence-electron chi connectivity index (χ1n) is 12.4. The van der Waals surface area contributed by atoms with Crippen LogP contribution in [0.5, 0.6) is 0 Å². The Morgan fingerprint density at radius 3 is 2.35 bits per heavy atom. The summed E-state index contributed by atoms with van der Waals surface area (Å²) in [7, 11) is 0. The number of hydrogen-bond acceptors (Lipinski definition) is 5. The number of amides is 1. The fraction of sp³-hybridized carbons (Fsp3) is 0.172. The summed E-state index contributed by atoms with van der Waals surface area (Å²) >= 11 is 30.5. The molecule has 0 bridgehead atoms. The lowest BCUT2D eigenvalue weighted by atomic mass is 10.2. The van der Waals surface area contributed by atoms with Gasteiger partial charge < -0.3 is 14.6 Å². The number of carbonyl (C=O) groups is 1. The van der Waals surface area contributed by atoms with Crippen molar-refractivity contribution in [1.29, 1.82) is 0 Å². The molecule has 206 valence electrons. The summed E-state index contributed by atoms with van der Waals surface area (Å²) in [6.07, 6.45) is 0. The zero-order valence-corrected chi connectivity index (χ0v) is 24.9. The van der Waals surface area contributed by atoms with E-state index in [1.807, 2.05) is 30.3 Å². The minimum Gasteiger partial charge on any atom is -0.451 e. The Balaban J connectivity index is 1.14. The summed E-state index contributed by atoms with van der Waals surface area (Å²) in [5.41, 5.74) is 3.36. The fourth-order valence-corrected chi connectivity index (χ4v) is 5.68. The molecule has 5 rings (SSSR count). The van der Waals surface area contributed by atoms with Crippen molar-refractivity contribution < 1.29 is 9.21 Å². The molecule has 1 amide bonds. The molecule has 2 heterocycles. The Morgan fingerprint density at radius 2 is 1.62 bits per heavy atom. The Hall–Kier alpha value is -2.78. The molecular weight excluding hydrogens is 610 g/mol. The second kappa shape index (κ2) is 12.8. The zero-order valence-electron chi connectivity index (χ0n) is 21.1. The highest BCUT2D eigenvalue weighted by atomic mass is 35.5. The number of rotatable bonds is 6. The first kappa shape index (κ1) is 28.7. The lowest BCUT2D eigenvalue weighted by Gasteiger charge is -2.36. The van der Waals surface area contributed by atoms with E-state index in [1.165, 1.54) is 0 Å². The number of furan rings is 1. The molecule has 0 atom stereocenters. The molecule has 0 saturated carbocycles. The maximum atomic E-state index is 12.7. The van der Waals surface area contributed by atoms with E-state index in [0.29, 0.717) is 32.1 Å². The van der Waals surface area contributed by atoms with Gasteiger partial charge in [0, 0.05) is 54.0 Å². The summed E-state index contributed by atoms with van der Waals surface area (Å²) in [4.78, 5) is 17.3. The fourth-order valence-electron chi connectivity index (χ4n) is 4.48. The number of hydrogen-bond donors (Lipinski definition) is 2. The number of halogens is 4. The summed E-state index contributed by atoms with van der Waals surface area (Å²) in [6, 6.07) is 21.8. The number of nitrogens with one attached hydrogen (secondary N) is 2. The van der Waals surface area contributed by atoms with Crippen molar-refractivity contribution in [2.75, 3.05) is 36.4 Å². The molecule has 1 aromatic heterocycles. The summed E-state index contributed by atoms with van der Waals surface area (Å²) < 4.78 is 5.69. The van der Waals surface area contributed by atoms with Gasteiger partial charge in [-0.15, -0.1) is 0 Å². The molecule has 6 nitrogen and oxygen atoms in total. The Labute approximate surface area is 257 Å². The van der Waals surface area contributed by atoms with Crippen molar-refractivity contribution in [2.24, 2.45) is 0 Å². The SMILES string of the molecule is O=C(NC(=S)Nc1ccc(N2CCN(Cc3ccccc3Cl)CC2)c(Cl)c1)c1ccc(-c2ccc(Cl)cc2Cl)o1. The van der Waals surface area contributed by atoms with Gasteiger partial charge in [-0.25, -0.2) is 0 Å². The lowest BCUT2D eigenvalue weighted by Crippen LogP contribution is -2.46. The smallest absolute Gasteiger partial charge is 0.293 e. The standard InChI is InChI=1S/C29H24Cl4N4O2S/c30-19-5-7-21(23(32)15-19)26-9-10-27(39-26)28(38)35-29(40)34-20-6-8-25(24(33)16-20)37-13-11-36(12-14-37)17-18-3-1-2-4-22(18)31/h1-10,15-16H,11-14,17H2,(H2,34,35,38,40). The van der Waals surface area contributed by atoms with E-state index < -0.39 is 5.91 Å². The van der Waals surface area contributed by atoms with E-state index in [9.17, 15) is 4.79 Å². The van der Waals surface area contributed by atoms with Crippen LogP contribution in [0.1, 0.15) is 16.1 Å². The molecule has 1 aliphatic heterocycles. The van der Waals surface area contributed by atoms with Gasteiger partial charge in [-0.05, 0) is 72.4 Å². The minimum atomic E-state index is -0.494. The van der Waals surface area contributed by atoms with Gasteiger partial charge in [0.25, 0.3) is 5.91 Å². The topological polar surface area (TPSA) is 60.8 Å². The molecule has 0 radical (unpaired) electrons. The van der Waals surface area contributed by atoms with Gasteiger partial charge in [0.2, 0.25) is 0 Å². The average molecular weight is 634 g/mol. The third-order valence-corrected chi connectivity index (χ3v) is 7.95. The second-order valence-corrected chi connectivity index (χ2v) is 11.3. The van der Waals surface area contributed by atoms with Crippen LogP contribution in [0.4, 0.5) is 11.4 Å². The van der Waals surface area contributed by atoms with Crippen LogP contribution in [0.15, 0.2) is 77.2 Å². The number of thiocarbonyl (C=S) groups is 1. The predicted octanol–water partition coefficient (Wildman–Crippen LogP) is 8.01. The largest absolute Gasteiger partial charge is 0.451 e. The van der Waals surface area contributed by atoms with Crippen LogP contribution < -0.4 is 15.5 Å². The number of anilines is 2. The first-order chi connectivity index (χ1) is 19.3. The van der Waals surface area contributed by atoms with E-state index in [-0.39, 0.29) is 10.9 Å². The van der Waals surface area contributed by atoms with E-state index >= 15 is 0 Å². The van der Waals surface area contributed by atoms with Gasteiger partial charge in [0.15, 0.2) is 10.9 Å². The van der Waals surface area contributed by atoms with Crippen LogP contribution in [0, 0.1) is 0 Å². The van der Waals surface area contributed by atoms with Crippen molar-refractivity contribution in [1.82, 2.24) is 10.2 Å². The Bertz CT molecular complexity index is 1550. The Morgan fingerprint density at radius 1 is 0.850 bits per heavy atom.